The van der Waals surface area contributed by atoms with Crippen molar-refractivity contribution in [2.24, 2.45) is 0 Å². The van der Waals surface area contributed by atoms with Gasteiger partial charge in [0.1, 0.15) is 6.54 Å². The van der Waals surface area contributed by atoms with Crippen LogP contribution in [0.5, 0.6) is 0 Å². The second-order valence-corrected chi connectivity index (χ2v) is 9.81. The zero-order valence-electron chi connectivity index (χ0n) is 18.0. The summed E-state index contributed by atoms with van der Waals surface area (Å²) in [5.41, 5.74) is 0.763. The predicted octanol–water partition coefficient (Wildman–Crippen LogP) is 1.28. The number of carbonyl (C=O) groups excluding carboxylic acids is 1. The number of likely N-dealkylation sites (N-methyl/N-ethyl adjacent to an activating group) is 1. The zero-order chi connectivity index (χ0) is 22.9. The number of hydrogen-bond donors (Lipinski definition) is 1. The minimum atomic E-state index is -3.57. The standard InChI is InChI=1S/C22H25N5O4S/c1-16-19-5-3-4-6-20(19)22(29)27(24-16)15-21(28)23-17-7-9-18(10-8-17)32(30,31)26-13-11-25(2)12-14-26/h3-10H,11-15H2,1-2H3,(H,23,28). The van der Waals surface area contributed by atoms with Gasteiger partial charge in [-0.1, -0.05) is 18.2 Å². The van der Waals surface area contributed by atoms with E-state index in [1.54, 1.807) is 31.2 Å². The Morgan fingerprint density at radius 3 is 2.28 bits per heavy atom. The van der Waals surface area contributed by atoms with Crippen LogP contribution in [-0.4, -0.2) is 66.5 Å². The van der Waals surface area contributed by atoms with Gasteiger partial charge in [0, 0.05) is 37.3 Å². The van der Waals surface area contributed by atoms with Crippen molar-refractivity contribution in [2.75, 3.05) is 38.5 Å². The lowest BCUT2D eigenvalue weighted by Gasteiger charge is -2.31. The molecule has 3 aromatic rings. The molecule has 0 aliphatic carbocycles. The fraction of sp³-hybridized carbons (Fsp3) is 0.318. The summed E-state index contributed by atoms with van der Waals surface area (Å²) in [5.74, 6) is -0.427. The highest BCUT2D eigenvalue weighted by Gasteiger charge is 2.27. The zero-order valence-corrected chi connectivity index (χ0v) is 18.8. The quantitative estimate of drug-likeness (QED) is 0.622. The van der Waals surface area contributed by atoms with Gasteiger partial charge in [0.05, 0.1) is 16.0 Å². The van der Waals surface area contributed by atoms with Crippen LogP contribution in [-0.2, 0) is 21.4 Å². The van der Waals surface area contributed by atoms with Crippen LogP contribution in [0.25, 0.3) is 10.8 Å². The van der Waals surface area contributed by atoms with Gasteiger partial charge in [-0.2, -0.15) is 9.40 Å². The van der Waals surface area contributed by atoms with Crippen molar-refractivity contribution < 1.29 is 13.2 Å². The summed E-state index contributed by atoms with van der Waals surface area (Å²) in [5, 5.41) is 8.20. The number of anilines is 1. The summed E-state index contributed by atoms with van der Waals surface area (Å²) >= 11 is 0. The Morgan fingerprint density at radius 2 is 1.62 bits per heavy atom. The summed E-state index contributed by atoms with van der Waals surface area (Å²) in [4.78, 5) is 27.4. The molecule has 32 heavy (non-hydrogen) atoms. The first-order chi connectivity index (χ1) is 15.3. The Balaban J connectivity index is 1.46. The molecule has 1 aromatic heterocycles. The molecule has 10 heteroatoms. The molecule has 1 aliphatic heterocycles. The molecule has 0 atom stereocenters. The molecule has 0 radical (unpaired) electrons. The van der Waals surface area contributed by atoms with Gasteiger partial charge in [-0.15, -0.1) is 0 Å². The van der Waals surface area contributed by atoms with Crippen LogP contribution in [0, 0.1) is 6.92 Å². The third-order valence-electron chi connectivity index (χ3n) is 5.58. The highest BCUT2D eigenvalue weighted by molar-refractivity contribution is 7.89. The molecule has 2 aromatic carbocycles. The fourth-order valence-corrected chi connectivity index (χ4v) is 5.16. The van der Waals surface area contributed by atoms with Gasteiger partial charge >= 0.3 is 0 Å². The molecule has 0 bridgehead atoms. The Hall–Kier alpha value is -3.08. The normalized spacial score (nSPS) is 15.7. The Bertz CT molecular complexity index is 1310. The van der Waals surface area contributed by atoms with Gasteiger partial charge in [-0.25, -0.2) is 13.1 Å². The number of rotatable bonds is 5. The average Bonchev–Trinajstić information content (AvgIpc) is 2.78. The van der Waals surface area contributed by atoms with Gasteiger partial charge in [0.2, 0.25) is 15.9 Å². The van der Waals surface area contributed by atoms with Crippen molar-refractivity contribution >= 4 is 32.4 Å². The third kappa shape index (κ3) is 4.43. The lowest BCUT2D eigenvalue weighted by Crippen LogP contribution is -2.46. The van der Waals surface area contributed by atoms with Crippen molar-refractivity contribution in [2.45, 2.75) is 18.4 Å². The number of fused-ring (bicyclic) bond motifs is 1. The van der Waals surface area contributed by atoms with E-state index in [0.717, 1.165) is 10.1 Å². The molecule has 9 nitrogen and oxygen atoms in total. The van der Waals surface area contributed by atoms with Crippen LogP contribution in [0.2, 0.25) is 0 Å². The molecule has 0 unspecified atom stereocenters. The maximum atomic E-state index is 12.8. The molecule has 1 N–H and O–H groups in total. The molecular formula is C22H25N5O4S. The lowest BCUT2D eigenvalue weighted by molar-refractivity contribution is -0.117. The predicted molar refractivity (Wildman–Crippen MR) is 122 cm³/mol. The number of aryl methyl sites for hydroxylation is 1. The smallest absolute Gasteiger partial charge is 0.275 e. The largest absolute Gasteiger partial charge is 0.324 e. The first kappa shape index (κ1) is 22.1. The third-order valence-corrected chi connectivity index (χ3v) is 7.50. The minimum Gasteiger partial charge on any atom is -0.324 e. The van der Waals surface area contributed by atoms with E-state index in [9.17, 15) is 18.0 Å². The maximum Gasteiger partial charge on any atom is 0.275 e. The van der Waals surface area contributed by atoms with E-state index in [-0.39, 0.29) is 17.0 Å². The topological polar surface area (TPSA) is 105 Å². The molecule has 1 fully saturated rings. The van der Waals surface area contributed by atoms with Crippen molar-refractivity contribution in [1.82, 2.24) is 19.0 Å². The van der Waals surface area contributed by atoms with Crippen molar-refractivity contribution in [1.29, 1.82) is 0 Å². The second-order valence-electron chi connectivity index (χ2n) is 7.87. The van der Waals surface area contributed by atoms with Crippen LogP contribution in [0.1, 0.15) is 5.69 Å². The van der Waals surface area contributed by atoms with Gasteiger partial charge in [0.25, 0.3) is 5.56 Å². The number of nitrogens with zero attached hydrogens (tertiary/aromatic N) is 4. The van der Waals surface area contributed by atoms with E-state index in [4.69, 9.17) is 0 Å². The van der Waals surface area contributed by atoms with Crippen LogP contribution < -0.4 is 10.9 Å². The van der Waals surface area contributed by atoms with Crippen LogP contribution in [0.4, 0.5) is 5.69 Å². The number of aromatic nitrogens is 2. The Labute approximate surface area is 186 Å². The molecule has 1 saturated heterocycles. The van der Waals surface area contributed by atoms with Crippen molar-refractivity contribution in [3.63, 3.8) is 0 Å². The summed E-state index contributed by atoms with van der Waals surface area (Å²) in [6, 6.07) is 13.2. The minimum absolute atomic E-state index is 0.183. The van der Waals surface area contributed by atoms with E-state index in [0.29, 0.717) is 42.9 Å². The number of sulfonamides is 1. The summed E-state index contributed by atoms with van der Waals surface area (Å²) in [6.07, 6.45) is 0. The Morgan fingerprint density at radius 1 is 1.00 bits per heavy atom. The number of carbonyl (C=O) groups is 1. The molecule has 1 amide bonds. The number of benzene rings is 2. The van der Waals surface area contributed by atoms with Gasteiger partial charge in [0.15, 0.2) is 0 Å². The fourth-order valence-electron chi connectivity index (χ4n) is 3.74. The average molecular weight is 456 g/mol. The molecule has 4 rings (SSSR count). The van der Waals surface area contributed by atoms with Crippen LogP contribution >= 0.6 is 0 Å². The number of piperazine rings is 1. The summed E-state index contributed by atoms with van der Waals surface area (Å²) < 4.78 is 28.2. The number of amides is 1. The summed E-state index contributed by atoms with van der Waals surface area (Å²) in [6.45, 7) is 3.82. The molecule has 1 aliphatic rings. The number of hydrogen-bond acceptors (Lipinski definition) is 6. The second kappa shape index (κ2) is 8.81. The van der Waals surface area contributed by atoms with Crippen molar-refractivity contribution in [3.05, 3.63) is 64.6 Å². The van der Waals surface area contributed by atoms with Crippen molar-refractivity contribution in [3.8, 4) is 0 Å². The van der Waals surface area contributed by atoms with E-state index in [2.05, 4.69) is 15.3 Å². The van der Waals surface area contributed by atoms with Crippen LogP contribution in [0.3, 0.4) is 0 Å². The first-order valence-electron chi connectivity index (χ1n) is 10.3. The molecule has 0 spiro atoms. The van der Waals surface area contributed by atoms with Crippen LogP contribution in [0.15, 0.2) is 58.2 Å². The maximum absolute atomic E-state index is 12.8. The molecule has 0 saturated carbocycles. The molecule has 2 heterocycles. The van der Waals surface area contributed by atoms with E-state index in [1.807, 2.05) is 19.2 Å². The monoisotopic (exact) mass is 455 g/mol. The highest BCUT2D eigenvalue weighted by Crippen LogP contribution is 2.20. The molecular weight excluding hydrogens is 430 g/mol. The van der Waals surface area contributed by atoms with Gasteiger partial charge in [-0.05, 0) is 44.3 Å². The first-order valence-corrected chi connectivity index (χ1v) is 11.7. The highest BCUT2D eigenvalue weighted by atomic mass is 32.2. The lowest BCUT2D eigenvalue weighted by atomic mass is 10.1. The van der Waals surface area contributed by atoms with E-state index in [1.165, 1.54) is 16.4 Å². The Kier molecular flexibility index (Phi) is 6.09. The molecule has 168 valence electrons. The van der Waals surface area contributed by atoms with E-state index >= 15 is 0 Å². The van der Waals surface area contributed by atoms with Gasteiger partial charge < -0.3 is 10.2 Å². The summed E-state index contributed by atoms with van der Waals surface area (Å²) in [7, 11) is -1.61. The number of nitrogens with one attached hydrogen (secondary N) is 1. The SMILES string of the molecule is Cc1nn(CC(=O)Nc2ccc(S(=O)(=O)N3CCN(C)CC3)cc2)c(=O)c2ccccc12. The van der Waals surface area contributed by atoms with Gasteiger partial charge in [-0.3, -0.25) is 9.59 Å². The van der Waals surface area contributed by atoms with E-state index < -0.39 is 15.9 Å².